The van der Waals surface area contributed by atoms with Crippen LogP contribution >= 0.6 is 11.6 Å². The van der Waals surface area contributed by atoms with E-state index in [2.05, 4.69) is 5.32 Å². The molecule has 2 rings (SSSR count). The second-order valence-electron chi connectivity index (χ2n) is 7.42. The third-order valence-corrected chi connectivity index (χ3v) is 5.38. The summed E-state index contributed by atoms with van der Waals surface area (Å²) in [6.45, 7) is 6.25. The smallest absolute Gasteiger partial charge is 0.243 e. The van der Waals surface area contributed by atoms with Crippen molar-refractivity contribution >= 4 is 23.4 Å². The quantitative estimate of drug-likeness (QED) is 0.598. The first kappa shape index (κ1) is 23.7. The van der Waals surface area contributed by atoms with Gasteiger partial charge in [0, 0.05) is 17.6 Å². The van der Waals surface area contributed by atoms with E-state index in [1.807, 2.05) is 57.2 Å². The van der Waals surface area contributed by atoms with Crippen molar-refractivity contribution in [1.82, 2.24) is 10.2 Å². The van der Waals surface area contributed by atoms with E-state index < -0.39 is 6.04 Å². The molecule has 1 N–H and O–H groups in total. The minimum Gasteiger partial charge on any atom is -0.497 e. The number of rotatable bonds is 10. The van der Waals surface area contributed by atoms with Crippen LogP contribution in [0.2, 0.25) is 5.02 Å². The van der Waals surface area contributed by atoms with E-state index in [4.69, 9.17) is 16.3 Å². The molecule has 0 bridgehead atoms. The van der Waals surface area contributed by atoms with E-state index in [9.17, 15) is 9.59 Å². The first-order valence-corrected chi connectivity index (χ1v) is 10.7. The Bertz CT molecular complexity index is 839. The Kier molecular flexibility index (Phi) is 9.18. The number of carbonyl (C=O) groups excluding carboxylic acids is 2. The van der Waals surface area contributed by atoms with Crippen LogP contribution in [-0.4, -0.2) is 35.9 Å². The lowest BCUT2D eigenvalue weighted by Crippen LogP contribution is -2.51. The minimum atomic E-state index is -0.548. The first-order valence-electron chi connectivity index (χ1n) is 10.3. The number of amides is 2. The van der Waals surface area contributed by atoms with Crippen molar-refractivity contribution in [3.05, 3.63) is 64.7 Å². The van der Waals surface area contributed by atoms with Crippen LogP contribution in [0, 0.1) is 0 Å². The fourth-order valence-electron chi connectivity index (χ4n) is 3.21. The zero-order chi connectivity index (χ0) is 22.1. The number of nitrogens with one attached hydrogen (secondary N) is 1. The van der Waals surface area contributed by atoms with Crippen molar-refractivity contribution in [2.75, 3.05) is 7.11 Å². The second-order valence-corrected chi connectivity index (χ2v) is 7.85. The molecular formula is C24H31ClN2O3. The SMILES string of the molecule is CC[C@H](C(=O)N[C@@H](C)CC)N(Cc1ccc(OC)cc1)C(=O)Cc1cccc(Cl)c1. The normalized spacial score (nSPS) is 12.7. The van der Waals surface area contributed by atoms with Gasteiger partial charge in [-0.15, -0.1) is 0 Å². The maximum atomic E-state index is 13.3. The average Bonchev–Trinajstić information content (AvgIpc) is 2.73. The van der Waals surface area contributed by atoms with Gasteiger partial charge >= 0.3 is 0 Å². The third kappa shape index (κ3) is 6.77. The molecule has 2 aromatic carbocycles. The standard InChI is InChI=1S/C24H31ClN2O3/c1-5-17(3)26-24(29)22(6-2)27(16-18-10-12-21(30-4)13-11-18)23(28)15-19-8-7-9-20(25)14-19/h7-14,17,22H,5-6,15-16H2,1-4H3,(H,26,29)/t17-,22+/m0/s1. The highest BCUT2D eigenvalue weighted by atomic mass is 35.5. The van der Waals surface area contributed by atoms with Gasteiger partial charge in [-0.2, -0.15) is 0 Å². The van der Waals surface area contributed by atoms with E-state index >= 15 is 0 Å². The van der Waals surface area contributed by atoms with Gasteiger partial charge in [0.05, 0.1) is 13.5 Å². The van der Waals surface area contributed by atoms with Gasteiger partial charge in [-0.05, 0) is 55.2 Å². The Balaban J connectivity index is 2.28. The van der Waals surface area contributed by atoms with Gasteiger partial charge in [-0.1, -0.05) is 49.7 Å². The molecule has 2 amide bonds. The number of hydrogen-bond acceptors (Lipinski definition) is 3. The second kappa shape index (κ2) is 11.6. The molecule has 162 valence electrons. The number of hydrogen-bond donors (Lipinski definition) is 1. The average molecular weight is 431 g/mol. The molecule has 0 radical (unpaired) electrons. The molecule has 0 fully saturated rings. The fraction of sp³-hybridized carbons (Fsp3) is 0.417. The van der Waals surface area contributed by atoms with E-state index in [-0.39, 0.29) is 24.3 Å². The molecule has 0 unspecified atom stereocenters. The monoisotopic (exact) mass is 430 g/mol. The Labute approximate surface area is 184 Å². The highest BCUT2D eigenvalue weighted by Gasteiger charge is 2.29. The molecule has 0 saturated carbocycles. The summed E-state index contributed by atoms with van der Waals surface area (Å²) in [5.74, 6) is 0.510. The van der Waals surface area contributed by atoms with Crippen LogP contribution in [0.15, 0.2) is 48.5 Å². The third-order valence-electron chi connectivity index (χ3n) is 5.14. The number of halogens is 1. The number of benzene rings is 2. The fourth-order valence-corrected chi connectivity index (χ4v) is 3.42. The largest absolute Gasteiger partial charge is 0.497 e. The summed E-state index contributed by atoms with van der Waals surface area (Å²) in [4.78, 5) is 27.9. The topological polar surface area (TPSA) is 58.6 Å². The summed E-state index contributed by atoms with van der Waals surface area (Å²) in [6, 6.07) is 14.3. The van der Waals surface area contributed by atoms with Crippen LogP contribution in [0.3, 0.4) is 0 Å². The predicted octanol–water partition coefficient (Wildman–Crippen LogP) is 4.61. The Hall–Kier alpha value is -2.53. The van der Waals surface area contributed by atoms with Gasteiger partial charge in [-0.3, -0.25) is 9.59 Å². The predicted molar refractivity (Wildman–Crippen MR) is 121 cm³/mol. The molecule has 30 heavy (non-hydrogen) atoms. The number of nitrogens with zero attached hydrogens (tertiary/aromatic N) is 1. The van der Waals surface area contributed by atoms with E-state index in [0.717, 1.165) is 23.3 Å². The molecule has 0 aliphatic rings. The maximum absolute atomic E-state index is 13.3. The molecular weight excluding hydrogens is 400 g/mol. The van der Waals surface area contributed by atoms with Crippen LogP contribution in [0.4, 0.5) is 0 Å². The summed E-state index contributed by atoms with van der Waals surface area (Å²) >= 11 is 6.08. The zero-order valence-corrected chi connectivity index (χ0v) is 18.9. The van der Waals surface area contributed by atoms with Crippen LogP contribution < -0.4 is 10.1 Å². The Morgan fingerprint density at radius 1 is 1.07 bits per heavy atom. The van der Waals surface area contributed by atoms with Crippen LogP contribution in [0.25, 0.3) is 0 Å². The summed E-state index contributed by atoms with van der Waals surface area (Å²) in [6.07, 6.45) is 1.54. The zero-order valence-electron chi connectivity index (χ0n) is 18.2. The molecule has 0 heterocycles. The van der Waals surface area contributed by atoms with Gasteiger partial charge in [0.15, 0.2) is 0 Å². The molecule has 0 aliphatic carbocycles. The van der Waals surface area contributed by atoms with Crippen molar-refractivity contribution in [3.8, 4) is 5.75 Å². The molecule has 5 nitrogen and oxygen atoms in total. The lowest BCUT2D eigenvalue weighted by molar-refractivity contribution is -0.141. The molecule has 0 aromatic heterocycles. The minimum absolute atomic E-state index is 0.0532. The number of carbonyl (C=O) groups is 2. The summed E-state index contributed by atoms with van der Waals surface area (Å²) in [5.41, 5.74) is 1.76. The molecule has 2 atom stereocenters. The lowest BCUT2D eigenvalue weighted by Gasteiger charge is -2.31. The van der Waals surface area contributed by atoms with Crippen molar-refractivity contribution < 1.29 is 14.3 Å². The van der Waals surface area contributed by atoms with Crippen molar-refractivity contribution in [2.24, 2.45) is 0 Å². The number of methoxy groups -OCH3 is 1. The van der Waals surface area contributed by atoms with Gasteiger partial charge in [0.1, 0.15) is 11.8 Å². The lowest BCUT2D eigenvalue weighted by atomic mass is 10.1. The highest BCUT2D eigenvalue weighted by molar-refractivity contribution is 6.30. The van der Waals surface area contributed by atoms with Crippen LogP contribution in [0.1, 0.15) is 44.7 Å². The Morgan fingerprint density at radius 3 is 2.33 bits per heavy atom. The molecule has 0 aliphatic heterocycles. The Morgan fingerprint density at radius 2 is 1.77 bits per heavy atom. The maximum Gasteiger partial charge on any atom is 0.243 e. The van der Waals surface area contributed by atoms with Crippen molar-refractivity contribution in [2.45, 2.75) is 58.7 Å². The molecule has 2 aromatic rings. The van der Waals surface area contributed by atoms with Crippen LogP contribution in [0.5, 0.6) is 5.75 Å². The van der Waals surface area contributed by atoms with Crippen LogP contribution in [-0.2, 0) is 22.6 Å². The first-order chi connectivity index (χ1) is 14.4. The molecule has 0 saturated heterocycles. The van der Waals surface area contributed by atoms with Gasteiger partial charge < -0.3 is 15.0 Å². The van der Waals surface area contributed by atoms with Crippen molar-refractivity contribution in [1.29, 1.82) is 0 Å². The number of ether oxygens (including phenoxy) is 1. The van der Waals surface area contributed by atoms with Crippen molar-refractivity contribution in [3.63, 3.8) is 0 Å². The summed E-state index contributed by atoms with van der Waals surface area (Å²) < 4.78 is 5.22. The highest BCUT2D eigenvalue weighted by Crippen LogP contribution is 2.18. The van der Waals surface area contributed by atoms with Gasteiger partial charge in [0.25, 0.3) is 0 Å². The van der Waals surface area contributed by atoms with E-state index in [1.165, 1.54) is 0 Å². The van der Waals surface area contributed by atoms with Gasteiger partial charge in [-0.25, -0.2) is 0 Å². The summed E-state index contributed by atoms with van der Waals surface area (Å²) in [7, 11) is 1.61. The van der Waals surface area contributed by atoms with E-state index in [0.29, 0.717) is 18.0 Å². The van der Waals surface area contributed by atoms with Gasteiger partial charge in [0.2, 0.25) is 11.8 Å². The molecule has 6 heteroatoms. The molecule has 0 spiro atoms. The summed E-state index contributed by atoms with van der Waals surface area (Å²) in [5, 5.41) is 3.61. The van der Waals surface area contributed by atoms with E-state index in [1.54, 1.807) is 24.1 Å².